The van der Waals surface area contributed by atoms with Crippen molar-refractivity contribution in [2.75, 3.05) is 24.3 Å². The van der Waals surface area contributed by atoms with Crippen molar-refractivity contribution < 1.29 is 17.9 Å². The first-order valence-electron chi connectivity index (χ1n) is 12.6. The molecule has 36 heavy (non-hydrogen) atoms. The Morgan fingerprint density at radius 3 is 2.58 bits per heavy atom. The summed E-state index contributed by atoms with van der Waals surface area (Å²) in [6.07, 6.45) is 4.76. The number of methoxy groups -OCH3 is 1. The van der Waals surface area contributed by atoms with Crippen LogP contribution in [-0.2, 0) is 17.3 Å². The summed E-state index contributed by atoms with van der Waals surface area (Å²) in [5, 5.41) is 6.70. The molecule has 0 spiro atoms. The molecule has 8 heteroatoms. The molecule has 2 aromatic carbocycles. The van der Waals surface area contributed by atoms with E-state index in [1.54, 1.807) is 13.2 Å². The Balaban J connectivity index is 1.43. The zero-order chi connectivity index (χ0) is 25.1. The number of rotatable bonds is 7. The Labute approximate surface area is 209 Å². The van der Waals surface area contributed by atoms with E-state index in [9.17, 15) is 13.2 Å². The first-order valence-corrected chi connectivity index (χ1v) is 12.6. The highest BCUT2D eigenvalue weighted by molar-refractivity contribution is 5.78. The number of ether oxygens (including phenoxy) is 1. The van der Waals surface area contributed by atoms with Gasteiger partial charge >= 0.3 is 6.18 Å². The van der Waals surface area contributed by atoms with Crippen molar-refractivity contribution in [3.63, 3.8) is 0 Å². The Bertz CT molecular complexity index is 1210. The van der Waals surface area contributed by atoms with Crippen LogP contribution in [-0.4, -0.2) is 23.6 Å². The summed E-state index contributed by atoms with van der Waals surface area (Å²) < 4.78 is 46.1. The molecule has 5 nitrogen and oxygen atoms in total. The monoisotopic (exact) mass is 496 g/mol. The maximum Gasteiger partial charge on any atom is 0.416 e. The maximum absolute atomic E-state index is 13.5. The summed E-state index contributed by atoms with van der Waals surface area (Å²) in [7, 11) is 1.72. The number of nitrogens with zero attached hydrogens (tertiary/aromatic N) is 2. The van der Waals surface area contributed by atoms with Gasteiger partial charge in [0.1, 0.15) is 12.1 Å². The van der Waals surface area contributed by atoms with Crippen LogP contribution in [0.2, 0.25) is 0 Å². The third-order valence-corrected chi connectivity index (χ3v) is 7.36. The fraction of sp³-hybridized carbons (Fsp3) is 0.429. The van der Waals surface area contributed by atoms with Crippen molar-refractivity contribution in [3.05, 3.63) is 65.5 Å². The zero-order valence-corrected chi connectivity index (χ0v) is 20.4. The molecule has 2 aliphatic rings. The summed E-state index contributed by atoms with van der Waals surface area (Å²) in [6.45, 7) is 0.654. The molecule has 5 rings (SSSR count). The van der Waals surface area contributed by atoms with Gasteiger partial charge in [0.25, 0.3) is 0 Å². The minimum atomic E-state index is -4.41. The number of halogens is 3. The Kier molecular flexibility index (Phi) is 7.14. The van der Waals surface area contributed by atoms with Crippen molar-refractivity contribution in [3.8, 4) is 11.3 Å². The highest BCUT2D eigenvalue weighted by atomic mass is 19.4. The third kappa shape index (κ3) is 5.33. The molecule has 3 aromatic rings. The van der Waals surface area contributed by atoms with Crippen molar-refractivity contribution in [1.82, 2.24) is 9.97 Å². The summed E-state index contributed by atoms with van der Waals surface area (Å²) in [4.78, 5) is 8.78. The van der Waals surface area contributed by atoms with Crippen LogP contribution in [0.25, 0.3) is 11.3 Å². The summed E-state index contributed by atoms with van der Waals surface area (Å²) in [5.41, 5.74) is 4.31. The highest BCUT2D eigenvalue weighted by Crippen LogP contribution is 2.39. The second-order valence-corrected chi connectivity index (χ2v) is 9.69. The standard InChI is InChI=1S/C28H31F3N4O/c1-36-26-13-12-20-21(26)8-5-9-23(20)35-27-15-25(33-17-34-27)22-11-10-19(28(29,30)31)14-24(22)32-16-18-6-3-2-4-7-18/h5,8-11,14-15,17-18,26,32H,2-4,6-7,12-13,16H2,1H3,(H,33,34,35). The maximum atomic E-state index is 13.5. The molecule has 0 aliphatic heterocycles. The van der Waals surface area contributed by atoms with E-state index in [0.29, 0.717) is 35.2 Å². The van der Waals surface area contributed by atoms with Crippen LogP contribution >= 0.6 is 0 Å². The molecule has 1 atom stereocenters. The number of hydrogen-bond donors (Lipinski definition) is 2. The lowest BCUT2D eigenvalue weighted by Gasteiger charge is -2.23. The molecular weight excluding hydrogens is 465 g/mol. The second kappa shape index (κ2) is 10.5. The number of aromatic nitrogens is 2. The number of fused-ring (bicyclic) bond motifs is 1. The van der Waals surface area contributed by atoms with E-state index in [1.165, 1.54) is 48.8 Å². The van der Waals surface area contributed by atoms with Crippen LogP contribution in [0.3, 0.4) is 0 Å². The van der Waals surface area contributed by atoms with E-state index >= 15 is 0 Å². The normalized spacial score (nSPS) is 18.2. The summed E-state index contributed by atoms with van der Waals surface area (Å²) in [6, 6.07) is 11.7. The topological polar surface area (TPSA) is 59.1 Å². The second-order valence-electron chi connectivity index (χ2n) is 9.69. The zero-order valence-electron chi connectivity index (χ0n) is 20.4. The molecule has 0 saturated heterocycles. The van der Waals surface area contributed by atoms with Gasteiger partial charge in [-0.2, -0.15) is 13.2 Å². The van der Waals surface area contributed by atoms with E-state index in [4.69, 9.17) is 4.74 Å². The Hall–Kier alpha value is -3.13. The van der Waals surface area contributed by atoms with Gasteiger partial charge in [0.2, 0.25) is 0 Å². The number of hydrogen-bond acceptors (Lipinski definition) is 5. The first kappa shape index (κ1) is 24.6. The van der Waals surface area contributed by atoms with Gasteiger partial charge in [-0.3, -0.25) is 0 Å². The SMILES string of the molecule is COC1CCc2c(Nc3cc(-c4ccc(C(F)(F)F)cc4NCC4CCCCC4)ncn3)cccc21. The summed E-state index contributed by atoms with van der Waals surface area (Å²) in [5.74, 6) is 1.06. The molecule has 0 radical (unpaired) electrons. The van der Waals surface area contributed by atoms with Gasteiger partial charge in [0.05, 0.1) is 17.4 Å². The van der Waals surface area contributed by atoms with Crippen molar-refractivity contribution >= 4 is 17.2 Å². The van der Waals surface area contributed by atoms with Crippen LogP contribution in [0.1, 0.15) is 61.3 Å². The quantitative estimate of drug-likeness (QED) is 0.354. The highest BCUT2D eigenvalue weighted by Gasteiger charge is 2.31. The summed E-state index contributed by atoms with van der Waals surface area (Å²) >= 11 is 0. The number of benzene rings is 2. The molecule has 2 N–H and O–H groups in total. The van der Waals surface area contributed by atoms with Gasteiger partial charge in [0.15, 0.2) is 0 Å². The number of nitrogens with one attached hydrogen (secondary N) is 2. The van der Waals surface area contributed by atoms with Gasteiger partial charge in [-0.1, -0.05) is 37.5 Å². The lowest BCUT2D eigenvalue weighted by molar-refractivity contribution is -0.137. The third-order valence-electron chi connectivity index (χ3n) is 7.36. The molecule has 1 fully saturated rings. The number of anilines is 3. The van der Waals surface area contributed by atoms with Gasteiger partial charge in [-0.05, 0) is 60.9 Å². The van der Waals surface area contributed by atoms with E-state index in [-0.39, 0.29) is 6.10 Å². The molecule has 0 bridgehead atoms. The minimum absolute atomic E-state index is 0.0904. The lowest BCUT2D eigenvalue weighted by atomic mass is 9.89. The van der Waals surface area contributed by atoms with Crippen LogP contribution in [0.5, 0.6) is 0 Å². The minimum Gasteiger partial charge on any atom is -0.384 e. The fourth-order valence-corrected chi connectivity index (χ4v) is 5.42. The van der Waals surface area contributed by atoms with Gasteiger partial charge in [-0.25, -0.2) is 9.97 Å². The molecule has 1 unspecified atom stereocenters. The fourth-order valence-electron chi connectivity index (χ4n) is 5.42. The number of alkyl halides is 3. The van der Waals surface area contributed by atoms with E-state index in [2.05, 4.69) is 26.7 Å². The van der Waals surface area contributed by atoms with Crippen molar-refractivity contribution in [2.24, 2.45) is 5.92 Å². The van der Waals surface area contributed by atoms with E-state index in [0.717, 1.165) is 37.4 Å². The average Bonchev–Trinajstić information content (AvgIpc) is 3.32. The van der Waals surface area contributed by atoms with Gasteiger partial charge < -0.3 is 15.4 Å². The molecule has 1 saturated carbocycles. The molecule has 2 aliphatic carbocycles. The van der Waals surface area contributed by atoms with Crippen LogP contribution in [0.4, 0.5) is 30.4 Å². The molecular formula is C28H31F3N4O. The van der Waals surface area contributed by atoms with E-state index in [1.807, 2.05) is 12.1 Å². The lowest BCUT2D eigenvalue weighted by Crippen LogP contribution is -2.18. The van der Waals surface area contributed by atoms with Crippen molar-refractivity contribution in [1.29, 1.82) is 0 Å². The largest absolute Gasteiger partial charge is 0.416 e. The molecule has 1 heterocycles. The molecule has 1 aromatic heterocycles. The van der Waals surface area contributed by atoms with Gasteiger partial charge in [0, 0.05) is 36.7 Å². The van der Waals surface area contributed by atoms with Crippen LogP contribution < -0.4 is 10.6 Å². The Morgan fingerprint density at radius 1 is 0.972 bits per heavy atom. The first-order chi connectivity index (χ1) is 17.4. The van der Waals surface area contributed by atoms with E-state index < -0.39 is 11.7 Å². The predicted molar refractivity (Wildman–Crippen MR) is 135 cm³/mol. The van der Waals surface area contributed by atoms with Crippen LogP contribution in [0, 0.1) is 5.92 Å². The average molecular weight is 497 g/mol. The van der Waals surface area contributed by atoms with Crippen molar-refractivity contribution in [2.45, 2.75) is 57.2 Å². The van der Waals surface area contributed by atoms with Gasteiger partial charge in [-0.15, -0.1) is 0 Å². The Morgan fingerprint density at radius 2 is 1.81 bits per heavy atom. The predicted octanol–water partition coefficient (Wildman–Crippen LogP) is 7.53. The smallest absolute Gasteiger partial charge is 0.384 e. The molecule has 0 amide bonds. The van der Waals surface area contributed by atoms with Crippen LogP contribution in [0.15, 0.2) is 48.8 Å². The molecule has 190 valence electrons.